The van der Waals surface area contributed by atoms with E-state index in [0.717, 1.165) is 5.56 Å². The summed E-state index contributed by atoms with van der Waals surface area (Å²) in [5.41, 5.74) is 2.53. The minimum atomic E-state index is -0.491. The van der Waals surface area contributed by atoms with Gasteiger partial charge in [0.1, 0.15) is 16.8 Å². The molecule has 0 fully saturated rings. The first-order valence-corrected chi connectivity index (χ1v) is 10.2. The fourth-order valence-electron chi connectivity index (χ4n) is 3.36. The lowest BCUT2D eigenvalue weighted by Gasteiger charge is -2.09. The Morgan fingerprint density at radius 2 is 1.79 bits per heavy atom. The van der Waals surface area contributed by atoms with E-state index in [0.29, 0.717) is 22.9 Å². The monoisotopic (exact) mass is 468 g/mol. The molecule has 0 radical (unpaired) electrons. The average Bonchev–Trinajstić information content (AvgIpc) is 3.27. The highest BCUT2D eigenvalue weighted by Gasteiger charge is 2.22. The number of non-ortho nitro benzene ring substituents is 1. The first-order valence-electron chi connectivity index (χ1n) is 9.83. The Kier molecular flexibility index (Phi) is 5.93. The summed E-state index contributed by atoms with van der Waals surface area (Å²) in [5, 5.41) is 22.6. The topological polar surface area (TPSA) is 108 Å². The average molecular weight is 469 g/mol. The SMILES string of the molecule is Cc1cc(NC(=O)c2c(C)nn(Cc3ccc(F)cc3)c2Cl)n(-c2ccc([N+](=O)[O-])cc2)n1. The molecule has 0 spiro atoms. The molecule has 4 aromatic rings. The molecule has 2 aromatic heterocycles. The van der Waals surface area contributed by atoms with Crippen molar-refractivity contribution in [3.8, 4) is 5.69 Å². The van der Waals surface area contributed by atoms with Crippen molar-refractivity contribution in [3.63, 3.8) is 0 Å². The van der Waals surface area contributed by atoms with Gasteiger partial charge in [-0.25, -0.2) is 13.8 Å². The summed E-state index contributed by atoms with van der Waals surface area (Å²) in [6, 6.07) is 13.4. The zero-order valence-electron chi connectivity index (χ0n) is 17.6. The largest absolute Gasteiger partial charge is 0.306 e. The van der Waals surface area contributed by atoms with E-state index in [9.17, 15) is 19.3 Å². The van der Waals surface area contributed by atoms with Gasteiger partial charge >= 0.3 is 0 Å². The molecule has 9 nitrogen and oxygen atoms in total. The molecule has 1 amide bonds. The number of nitro groups is 1. The Morgan fingerprint density at radius 3 is 2.42 bits per heavy atom. The molecule has 33 heavy (non-hydrogen) atoms. The number of rotatable bonds is 6. The maximum absolute atomic E-state index is 13.2. The number of nitrogens with one attached hydrogen (secondary N) is 1. The molecule has 2 heterocycles. The predicted octanol–water partition coefficient (Wildman–Crippen LogP) is 4.69. The van der Waals surface area contributed by atoms with Gasteiger partial charge in [0.25, 0.3) is 11.6 Å². The number of aryl methyl sites for hydroxylation is 2. The smallest absolute Gasteiger partial charge is 0.269 e. The first kappa shape index (κ1) is 22.2. The number of nitro benzene ring substituents is 1. The number of nitrogens with zero attached hydrogens (tertiary/aromatic N) is 5. The Balaban J connectivity index is 1.60. The molecule has 0 bridgehead atoms. The summed E-state index contributed by atoms with van der Waals surface area (Å²) in [4.78, 5) is 23.5. The summed E-state index contributed by atoms with van der Waals surface area (Å²) in [6.45, 7) is 3.70. The van der Waals surface area contributed by atoms with Crippen LogP contribution >= 0.6 is 11.6 Å². The Labute approximate surface area is 192 Å². The summed E-state index contributed by atoms with van der Waals surface area (Å²) >= 11 is 6.46. The maximum Gasteiger partial charge on any atom is 0.269 e. The van der Waals surface area contributed by atoms with Gasteiger partial charge in [-0.1, -0.05) is 23.7 Å². The molecule has 0 saturated carbocycles. The molecule has 0 unspecified atom stereocenters. The number of hydrogen-bond donors (Lipinski definition) is 1. The van der Waals surface area contributed by atoms with Crippen molar-refractivity contribution in [1.29, 1.82) is 0 Å². The highest BCUT2D eigenvalue weighted by molar-refractivity contribution is 6.33. The summed E-state index contributed by atoms with van der Waals surface area (Å²) in [5.74, 6) is -0.458. The third-order valence-corrected chi connectivity index (χ3v) is 5.30. The predicted molar refractivity (Wildman–Crippen MR) is 120 cm³/mol. The standard InChI is InChI=1S/C22H18ClFN6O3/c1-13-11-19(29(26-13)17-7-9-18(10-8-17)30(32)33)25-22(31)20-14(2)27-28(21(20)23)12-15-3-5-16(24)6-4-15/h3-11H,12H2,1-2H3,(H,25,31). The van der Waals surface area contributed by atoms with Crippen molar-refractivity contribution < 1.29 is 14.1 Å². The number of carbonyl (C=O) groups excluding carboxylic acids is 1. The fourth-order valence-corrected chi connectivity index (χ4v) is 3.68. The van der Waals surface area contributed by atoms with Gasteiger partial charge in [0.15, 0.2) is 0 Å². The zero-order valence-corrected chi connectivity index (χ0v) is 18.4. The number of amides is 1. The van der Waals surface area contributed by atoms with Crippen LogP contribution in [0.5, 0.6) is 0 Å². The van der Waals surface area contributed by atoms with Crippen molar-refractivity contribution in [2.45, 2.75) is 20.4 Å². The lowest BCUT2D eigenvalue weighted by atomic mass is 10.2. The summed E-state index contributed by atoms with van der Waals surface area (Å²) < 4.78 is 16.1. The van der Waals surface area contributed by atoms with Crippen molar-refractivity contribution in [2.75, 3.05) is 5.32 Å². The van der Waals surface area contributed by atoms with E-state index in [1.165, 1.54) is 33.6 Å². The second-order valence-corrected chi connectivity index (χ2v) is 7.70. The van der Waals surface area contributed by atoms with Gasteiger partial charge in [0.05, 0.1) is 34.1 Å². The van der Waals surface area contributed by atoms with Gasteiger partial charge in [0.2, 0.25) is 0 Å². The number of hydrogen-bond acceptors (Lipinski definition) is 5. The molecule has 4 rings (SSSR count). The van der Waals surface area contributed by atoms with Gasteiger partial charge in [-0.15, -0.1) is 0 Å². The van der Waals surface area contributed by atoms with Crippen LogP contribution in [0.2, 0.25) is 5.15 Å². The second-order valence-electron chi connectivity index (χ2n) is 7.35. The molecule has 0 aliphatic carbocycles. The van der Waals surface area contributed by atoms with E-state index in [-0.39, 0.29) is 28.8 Å². The first-order chi connectivity index (χ1) is 15.7. The van der Waals surface area contributed by atoms with E-state index in [1.54, 1.807) is 44.2 Å². The van der Waals surface area contributed by atoms with Crippen LogP contribution in [0.3, 0.4) is 0 Å². The van der Waals surface area contributed by atoms with Crippen LogP contribution in [0.25, 0.3) is 5.69 Å². The minimum Gasteiger partial charge on any atom is -0.306 e. The fraction of sp³-hybridized carbons (Fsp3) is 0.136. The van der Waals surface area contributed by atoms with E-state index in [1.807, 2.05) is 0 Å². The van der Waals surface area contributed by atoms with Gasteiger partial charge in [-0.05, 0) is 43.7 Å². The number of benzene rings is 2. The van der Waals surface area contributed by atoms with Gasteiger partial charge in [0, 0.05) is 18.2 Å². The molecule has 2 aromatic carbocycles. The van der Waals surface area contributed by atoms with E-state index in [2.05, 4.69) is 15.5 Å². The molecule has 0 saturated heterocycles. The zero-order chi connectivity index (χ0) is 23.7. The normalized spacial score (nSPS) is 10.9. The molecule has 1 N–H and O–H groups in total. The number of anilines is 1. The maximum atomic E-state index is 13.2. The Bertz CT molecular complexity index is 1350. The van der Waals surface area contributed by atoms with Gasteiger partial charge < -0.3 is 5.32 Å². The van der Waals surface area contributed by atoms with E-state index >= 15 is 0 Å². The van der Waals surface area contributed by atoms with Crippen LogP contribution in [-0.4, -0.2) is 30.4 Å². The minimum absolute atomic E-state index is 0.0517. The summed E-state index contributed by atoms with van der Waals surface area (Å²) in [6.07, 6.45) is 0. The van der Waals surface area contributed by atoms with Crippen molar-refractivity contribution >= 4 is 29.0 Å². The molecular weight excluding hydrogens is 451 g/mol. The molecule has 0 aliphatic rings. The van der Waals surface area contributed by atoms with Gasteiger partial charge in [-0.2, -0.15) is 10.2 Å². The highest BCUT2D eigenvalue weighted by atomic mass is 35.5. The van der Waals surface area contributed by atoms with Crippen LogP contribution in [-0.2, 0) is 6.54 Å². The van der Waals surface area contributed by atoms with Crippen LogP contribution in [0.4, 0.5) is 15.9 Å². The number of carbonyl (C=O) groups is 1. The molecule has 11 heteroatoms. The lowest BCUT2D eigenvalue weighted by molar-refractivity contribution is -0.384. The Hall–Kier alpha value is -4.05. The number of aromatic nitrogens is 4. The van der Waals surface area contributed by atoms with Crippen LogP contribution in [0.15, 0.2) is 54.6 Å². The van der Waals surface area contributed by atoms with Crippen LogP contribution in [0.1, 0.15) is 27.3 Å². The molecule has 0 aliphatic heterocycles. The van der Waals surface area contributed by atoms with Crippen molar-refractivity contribution in [3.05, 3.63) is 98.2 Å². The van der Waals surface area contributed by atoms with Crippen LogP contribution < -0.4 is 5.32 Å². The highest BCUT2D eigenvalue weighted by Crippen LogP contribution is 2.25. The quantitative estimate of drug-likeness (QED) is 0.326. The van der Waals surface area contributed by atoms with E-state index < -0.39 is 10.8 Å². The number of halogens is 2. The molecule has 168 valence electrons. The lowest BCUT2D eigenvalue weighted by Crippen LogP contribution is -2.16. The molecule has 0 atom stereocenters. The Morgan fingerprint density at radius 1 is 1.12 bits per heavy atom. The third kappa shape index (κ3) is 4.60. The van der Waals surface area contributed by atoms with Crippen molar-refractivity contribution in [1.82, 2.24) is 19.6 Å². The molecular formula is C22H18ClFN6O3. The van der Waals surface area contributed by atoms with Crippen LogP contribution in [0, 0.1) is 29.8 Å². The third-order valence-electron chi connectivity index (χ3n) is 4.92. The van der Waals surface area contributed by atoms with Gasteiger partial charge in [-0.3, -0.25) is 14.9 Å². The second kappa shape index (κ2) is 8.83. The van der Waals surface area contributed by atoms with E-state index in [4.69, 9.17) is 11.6 Å². The summed E-state index contributed by atoms with van der Waals surface area (Å²) in [7, 11) is 0. The van der Waals surface area contributed by atoms with Crippen molar-refractivity contribution in [2.24, 2.45) is 0 Å².